The fourth-order valence-corrected chi connectivity index (χ4v) is 1.33. The summed E-state index contributed by atoms with van der Waals surface area (Å²) in [6, 6.07) is 0. The van der Waals surface area contributed by atoms with Crippen LogP contribution in [0.5, 0.6) is 0 Å². The van der Waals surface area contributed by atoms with Crippen molar-refractivity contribution in [2.45, 2.75) is 6.42 Å². The van der Waals surface area contributed by atoms with E-state index in [1.54, 1.807) is 0 Å². The molecule has 68 valence electrons. The molecule has 0 radical (unpaired) electrons. The van der Waals surface area contributed by atoms with Crippen LogP contribution in [0.2, 0.25) is 0 Å². The first-order valence-corrected chi connectivity index (χ1v) is 4.28. The van der Waals surface area contributed by atoms with Gasteiger partial charge in [-0.15, -0.1) is 11.6 Å². The van der Waals surface area contributed by atoms with Crippen LogP contribution in [0.3, 0.4) is 0 Å². The number of alkyl halides is 1. The second-order valence-corrected chi connectivity index (χ2v) is 2.86. The van der Waals surface area contributed by atoms with E-state index in [0.29, 0.717) is 12.4 Å². The van der Waals surface area contributed by atoms with Gasteiger partial charge in [0.15, 0.2) is 0 Å². The molecule has 0 aromatic rings. The molecule has 0 aliphatic carbocycles. The summed E-state index contributed by atoms with van der Waals surface area (Å²) in [6.45, 7) is 1.51. The molecule has 0 amide bonds. The van der Waals surface area contributed by atoms with Gasteiger partial charge in [0, 0.05) is 13.0 Å². The number of rotatable bonds is 2. The molecule has 1 aliphatic heterocycles. The second-order valence-electron chi connectivity index (χ2n) is 2.59. The highest BCUT2D eigenvalue weighted by molar-refractivity contribution is 6.27. The minimum atomic E-state index is 0.264. The molecular weight excluding hydrogens is 178 g/mol. The molecule has 5 heteroatoms. The molecule has 0 saturated carbocycles. The summed E-state index contributed by atoms with van der Waals surface area (Å²) >= 11 is 5.52. The lowest BCUT2D eigenvalue weighted by atomic mass is 10.3. The Morgan fingerprint density at radius 3 is 3.17 bits per heavy atom. The van der Waals surface area contributed by atoms with E-state index in [1.807, 2.05) is 4.90 Å². The first-order chi connectivity index (χ1) is 5.77. The first kappa shape index (κ1) is 9.32. The number of oxime groups is 1. The highest BCUT2D eigenvalue weighted by atomic mass is 35.5. The van der Waals surface area contributed by atoms with Gasteiger partial charge in [-0.1, -0.05) is 5.16 Å². The summed E-state index contributed by atoms with van der Waals surface area (Å²) in [5.41, 5.74) is 0.979. The molecule has 0 bridgehead atoms. The number of nitrogens with one attached hydrogen (secondary N) is 1. The van der Waals surface area contributed by atoms with Crippen LogP contribution in [-0.4, -0.2) is 42.5 Å². The Hall–Kier alpha value is -0.770. The zero-order valence-electron chi connectivity index (χ0n) is 7.01. The molecule has 0 aromatic heterocycles. The topological polar surface area (TPSA) is 48.7 Å². The molecule has 1 heterocycles. The van der Waals surface area contributed by atoms with Crippen molar-refractivity contribution in [1.29, 1.82) is 5.41 Å². The number of halogens is 1. The minimum absolute atomic E-state index is 0.264. The monoisotopic (exact) mass is 189 g/mol. The lowest BCUT2D eigenvalue weighted by Crippen LogP contribution is -2.29. The molecule has 0 atom stereocenters. The zero-order chi connectivity index (χ0) is 8.97. The van der Waals surface area contributed by atoms with Crippen LogP contribution in [0.4, 0.5) is 0 Å². The Balaban J connectivity index is 2.45. The largest absolute Gasteiger partial charge is 0.399 e. The minimum Gasteiger partial charge on any atom is -0.399 e. The third kappa shape index (κ3) is 2.11. The third-order valence-corrected chi connectivity index (χ3v) is 2.03. The average molecular weight is 190 g/mol. The lowest BCUT2D eigenvalue weighted by Gasteiger charge is -2.14. The van der Waals surface area contributed by atoms with Crippen molar-refractivity contribution in [3.8, 4) is 0 Å². The summed E-state index contributed by atoms with van der Waals surface area (Å²) < 4.78 is 0. The number of hydrogen-bond donors (Lipinski definition) is 1. The average Bonchev–Trinajstić information content (AvgIpc) is 2.52. The van der Waals surface area contributed by atoms with Crippen LogP contribution in [0.1, 0.15) is 6.42 Å². The number of nitrogens with zero attached hydrogens (tertiary/aromatic N) is 2. The van der Waals surface area contributed by atoms with E-state index in [9.17, 15) is 0 Å². The van der Waals surface area contributed by atoms with Gasteiger partial charge in [-0.3, -0.25) is 5.41 Å². The normalized spacial score (nSPS) is 20.2. The SMILES string of the molecule is CON=C1CCN(C(=N)CCl)C1. The summed E-state index contributed by atoms with van der Waals surface area (Å²) in [5.74, 6) is 0.721. The van der Waals surface area contributed by atoms with E-state index in [1.165, 1.54) is 7.11 Å². The molecule has 0 unspecified atom stereocenters. The van der Waals surface area contributed by atoms with Gasteiger partial charge in [-0.2, -0.15) is 0 Å². The molecule has 0 spiro atoms. The van der Waals surface area contributed by atoms with Gasteiger partial charge in [0.05, 0.1) is 18.1 Å². The van der Waals surface area contributed by atoms with Gasteiger partial charge >= 0.3 is 0 Å². The van der Waals surface area contributed by atoms with Crippen molar-refractivity contribution in [2.24, 2.45) is 5.16 Å². The predicted molar refractivity (Wildman–Crippen MR) is 49.1 cm³/mol. The van der Waals surface area contributed by atoms with Crippen LogP contribution < -0.4 is 0 Å². The second kappa shape index (κ2) is 4.30. The molecule has 4 nitrogen and oxygen atoms in total. The Bertz CT molecular complexity index is 205. The quantitative estimate of drug-likeness (QED) is 0.304. The van der Waals surface area contributed by atoms with Gasteiger partial charge in [0.25, 0.3) is 0 Å². The Labute approximate surface area is 76.6 Å². The van der Waals surface area contributed by atoms with E-state index in [4.69, 9.17) is 17.0 Å². The molecule has 1 N–H and O–H groups in total. The molecular formula is C7H12ClN3O. The van der Waals surface area contributed by atoms with Gasteiger partial charge in [-0.25, -0.2) is 0 Å². The summed E-state index contributed by atoms with van der Waals surface area (Å²) in [6.07, 6.45) is 0.868. The van der Waals surface area contributed by atoms with Crippen LogP contribution in [0, 0.1) is 5.41 Å². The zero-order valence-corrected chi connectivity index (χ0v) is 7.76. The van der Waals surface area contributed by atoms with Gasteiger partial charge in [-0.05, 0) is 0 Å². The van der Waals surface area contributed by atoms with Crippen LogP contribution in [-0.2, 0) is 4.84 Å². The van der Waals surface area contributed by atoms with Crippen molar-refractivity contribution in [1.82, 2.24) is 4.90 Å². The fourth-order valence-electron chi connectivity index (χ4n) is 1.16. The smallest absolute Gasteiger partial charge is 0.111 e. The van der Waals surface area contributed by atoms with Crippen LogP contribution in [0.25, 0.3) is 0 Å². The Kier molecular flexibility index (Phi) is 3.34. The number of amidine groups is 1. The highest BCUT2D eigenvalue weighted by Crippen LogP contribution is 2.07. The van der Waals surface area contributed by atoms with Crippen molar-refractivity contribution in [3.63, 3.8) is 0 Å². The molecule has 1 fully saturated rings. The maximum Gasteiger partial charge on any atom is 0.111 e. The first-order valence-electron chi connectivity index (χ1n) is 3.75. The molecule has 12 heavy (non-hydrogen) atoms. The maximum atomic E-state index is 7.45. The molecule has 1 aliphatic rings. The lowest BCUT2D eigenvalue weighted by molar-refractivity contribution is 0.212. The molecule has 1 saturated heterocycles. The predicted octanol–water partition coefficient (Wildman–Crippen LogP) is 0.911. The maximum absolute atomic E-state index is 7.45. The van der Waals surface area contributed by atoms with Crippen molar-refractivity contribution >= 4 is 23.1 Å². The summed E-state index contributed by atoms with van der Waals surface area (Å²) in [5, 5.41) is 11.3. The summed E-state index contributed by atoms with van der Waals surface area (Å²) in [4.78, 5) is 6.54. The van der Waals surface area contributed by atoms with E-state index < -0.39 is 0 Å². The Morgan fingerprint density at radius 2 is 2.58 bits per heavy atom. The van der Waals surface area contributed by atoms with E-state index >= 15 is 0 Å². The standard InChI is InChI=1S/C7H12ClN3O/c1-12-10-6-2-3-11(5-6)7(9)4-8/h9H,2-5H2,1H3. The van der Waals surface area contributed by atoms with Crippen molar-refractivity contribution < 1.29 is 4.84 Å². The van der Waals surface area contributed by atoms with Gasteiger partial charge in [0.1, 0.15) is 12.9 Å². The van der Waals surface area contributed by atoms with Gasteiger partial charge in [0.2, 0.25) is 0 Å². The van der Waals surface area contributed by atoms with Crippen LogP contribution >= 0.6 is 11.6 Å². The van der Waals surface area contributed by atoms with E-state index in [2.05, 4.69) is 9.99 Å². The Morgan fingerprint density at radius 1 is 1.83 bits per heavy atom. The van der Waals surface area contributed by atoms with Crippen molar-refractivity contribution in [3.05, 3.63) is 0 Å². The highest BCUT2D eigenvalue weighted by Gasteiger charge is 2.19. The third-order valence-electron chi connectivity index (χ3n) is 1.77. The fraction of sp³-hybridized carbons (Fsp3) is 0.714. The number of hydrogen-bond acceptors (Lipinski definition) is 3. The molecule has 1 rings (SSSR count). The van der Waals surface area contributed by atoms with E-state index in [-0.39, 0.29) is 5.88 Å². The number of likely N-dealkylation sites (tertiary alicyclic amines) is 1. The van der Waals surface area contributed by atoms with Crippen molar-refractivity contribution in [2.75, 3.05) is 26.1 Å². The van der Waals surface area contributed by atoms with Gasteiger partial charge < -0.3 is 9.74 Å². The van der Waals surface area contributed by atoms with E-state index in [0.717, 1.165) is 18.7 Å². The molecule has 0 aromatic carbocycles. The summed E-state index contributed by atoms with van der Waals surface area (Å²) in [7, 11) is 1.53. The van der Waals surface area contributed by atoms with Crippen LogP contribution in [0.15, 0.2) is 5.16 Å².